The van der Waals surface area contributed by atoms with Crippen molar-refractivity contribution in [3.8, 4) is 0 Å². The summed E-state index contributed by atoms with van der Waals surface area (Å²) in [6, 6.07) is 0. The molecule has 1 rings (SSSR count). The summed E-state index contributed by atoms with van der Waals surface area (Å²) in [5, 5.41) is 0. The van der Waals surface area contributed by atoms with Crippen molar-refractivity contribution in [2.45, 2.75) is 46.1 Å². The Morgan fingerprint density at radius 3 is 2.20 bits per heavy atom. The normalized spacial score (nSPS) is 16.1. The molecule has 2 N–H and O–H groups in total. The van der Waals surface area contributed by atoms with Crippen molar-refractivity contribution in [2.75, 3.05) is 0 Å². The highest BCUT2D eigenvalue weighted by atomic mass is 15.0. The van der Waals surface area contributed by atoms with Gasteiger partial charge in [-0.2, -0.15) is 0 Å². The van der Waals surface area contributed by atoms with Gasteiger partial charge in [0.05, 0.1) is 5.54 Å². The monoisotopic (exact) mass is 208 g/mol. The highest BCUT2D eigenvalue weighted by molar-refractivity contribution is 5.02. The maximum absolute atomic E-state index is 6.25. The van der Waals surface area contributed by atoms with Crippen LogP contribution in [0, 0.1) is 5.41 Å². The molecule has 0 amide bonds. The van der Waals surface area contributed by atoms with Gasteiger partial charge in [-0.1, -0.05) is 27.2 Å². The molecule has 0 aliphatic carbocycles. The lowest BCUT2D eigenvalue weighted by Gasteiger charge is -2.32. The number of aromatic nitrogens is 3. The summed E-state index contributed by atoms with van der Waals surface area (Å²) in [6.07, 6.45) is 4.93. The van der Waals surface area contributed by atoms with E-state index in [1.165, 1.54) is 12.7 Å². The van der Waals surface area contributed by atoms with E-state index in [2.05, 4.69) is 35.7 Å². The van der Waals surface area contributed by atoms with E-state index in [1.807, 2.05) is 6.92 Å². The molecule has 0 radical (unpaired) electrons. The third-order valence-electron chi connectivity index (χ3n) is 2.81. The largest absolute Gasteiger partial charge is 0.319 e. The minimum absolute atomic E-state index is 0.204. The minimum Gasteiger partial charge on any atom is -0.319 e. The maximum atomic E-state index is 6.25. The highest BCUT2D eigenvalue weighted by Crippen LogP contribution is 2.33. The zero-order valence-corrected chi connectivity index (χ0v) is 9.99. The molecule has 0 fully saturated rings. The lowest BCUT2D eigenvalue weighted by molar-refractivity contribution is 0.232. The van der Waals surface area contributed by atoms with Gasteiger partial charge in [0.1, 0.15) is 12.7 Å². The van der Waals surface area contributed by atoms with Crippen LogP contribution < -0.4 is 5.73 Å². The number of hydrogen-bond donors (Lipinski definition) is 1. The summed E-state index contributed by atoms with van der Waals surface area (Å²) in [7, 11) is 0. The topological polar surface area (TPSA) is 64.7 Å². The summed E-state index contributed by atoms with van der Waals surface area (Å²) >= 11 is 0. The third kappa shape index (κ3) is 3.23. The first-order chi connectivity index (χ1) is 6.87. The molecule has 0 bridgehead atoms. The van der Waals surface area contributed by atoms with Crippen LogP contribution >= 0.6 is 0 Å². The number of nitrogens with zero attached hydrogens (tertiary/aromatic N) is 3. The average molecular weight is 208 g/mol. The first-order valence-electron chi connectivity index (χ1n) is 5.29. The first-order valence-corrected chi connectivity index (χ1v) is 5.29. The molecule has 4 nitrogen and oxygen atoms in total. The fourth-order valence-electron chi connectivity index (χ4n) is 1.73. The Bertz CT molecular complexity index is 306. The molecule has 1 heterocycles. The van der Waals surface area contributed by atoms with Crippen molar-refractivity contribution in [3.63, 3.8) is 0 Å². The van der Waals surface area contributed by atoms with Gasteiger partial charge in [-0.05, 0) is 18.8 Å². The zero-order chi connectivity index (χ0) is 11.5. The molecule has 0 aliphatic rings. The Kier molecular flexibility index (Phi) is 3.39. The Labute approximate surface area is 91.3 Å². The quantitative estimate of drug-likeness (QED) is 0.820. The van der Waals surface area contributed by atoms with Crippen LogP contribution in [0.25, 0.3) is 0 Å². The first kappa shape index (κ1) is 12.0. The number of rotatable bonds is 4. The Balaban J connectivity index is 2.85. The smallest absolute Gasteiger partial charge is 0.151 e. The molecule has 1 unspecified atom stereocenters. The molecule has 1 atom stereocenters. The summed E-state index contributed by atoms with van der Waals surface area (Å²) in [5.74, 6) is 0.666. The van der Waals surface area contributed by atoms with Crippen LogP contribution in [0.4, 0.5) is 0 Å². The van der Waals surface area contributed by atoms with Crippen LogP contribution in [-0.4, -0.2) is 15.0 Å². The maximum Gasteiger partial charge on any atom is 0.151 e. The van der Waals surface area contributed by atoms with Gasteiger partial charge in [0.25, 0.3) is 0 Å². The summed E-state index contributed by atoms with van der Waals surface area (Å²) in [6.45, 7) is 8.56. The second kappa shape index (κ2) is 4.23. The predicted octanol–water partition coefficient (Wildman–Crippen LogP) is 1.87. The molecular weight excluding hydrogens is 188 g/mol. The van der Waals surface area contributed by atoms with Gasteiger partial charge in [-0.3, -0.25) is 0 Å². The molecule has 0 aromatic carbocycles. The second-order valence-electron chi connectivity index (χ2n) is 5.07. The summed E-state index contributed by atoms with van der Waals surface area (Å²) in [4.78, 5) is 12.0. The van der Waals surface area contributed by atoms with E-state index < -0.39 is 5.54 Å². The van der Waals surface area contributed by atoms with E-state index in [4.69, 9.17) is 5.73 Å². The van der Waals surface area contributed by atoms with E-state index in [1.54, 1.807) is 0 Å². The fourth-order valence-corrected chi connectivity index (χ4v) is 1.73. The van der Waals surface area contributed by atoms with Crippen LogP contribution in [0.3, 0.4) is 0 Å². The lowest BCUT2D eigenvalue weighted by Crippen LogP contribution is -2.39. The van der Waals surface area contributed by atoms with E-state index in [0.29, 0.717) is 5.82 Å². The van der Waals surface area contributed by atoms with Crippen LogP contribution in [0.5, 0.6) is 0 Å². The highest BCUT2D eigenvalue weighted by Gasteiger charge is 2.31. The Hall–Kier alpha value is -1.03. The van der Waals surface area contributed by atoms with Gasteiger partial charge in [-0.15, -0.1) is 0 Å². The number of hydrogen-bond acceptors (Lipinski definition) is 4. The second-order valence-corrected chi connectivity index (χ2v) is 5.07. The van der Waals surface area contributed by atoms with Crippen molar-refractivity contribution >= 4 is 0 Å². The Morgan fingerprint density at radius 2 is 1.73 bits per heavy atom. The van der Waals surface area contributed by atoms with Crippen molar-refractivity contribution < 1.29 is 0 Å². The van der Waals surface area contributed by atoms with Crippen LogP contribution in [0.2, 0.25) is 0 Å². The molecule has 0 saturated carbocycles. The third-order valence-corrected chi connectivity index (χ3v) is 2.81. The molecule has 15 heavy (non-hydrogen) atoms. The molecule has 1 aromatic heterocycles. The standard InChI is InChI=1S/C11H20N4/c1-5-10(2,3)6-11(4,12)9-14-7-13-8-15-9/h7-8H,5-6,12H2,1-4H3. The van der Waals surface area contributed by atoms with E-state index in [9.17, 15) is 0 Å². The fraction of sp³-hybridized carbons (Fsp3) is 0.727. The summed E-state index contributed by atoms with van der Waals surface area (Å²) in [5.41, 5.74) is 5.97. The van der Waals surface area contributed by atoms with Gasteiger partial charge < -0.3 is 5.73 Å². The SMILES string of the molecule is CCC(C)(C)CC(C)(N)c1ncncn1. The van der Waals surface area contributed by atoms with Crippen molar-refractivity contribution in [1.82, 2.24) is 15.0 Å². The van der Waals surface area contributed by atoms with Crippen molar-refractivity contribution in [1.29, 1.82) is 0 Å². The van der Waals surface area contributed by atoms with Gasteiger partial charge in [0, 0.05) is 0 Å². The molecule has 0 spiro atoms. The molecule has 0 aliphatic heterocycles. The number of nitrogens with two attached hydrogens (primary N) is 1. The molecular formula is C11H20N4. The molecule has 1 aromatic rings. The van der Waals surface area contributed by atoms with E-state index in [0.717, 1.165) is 12.8 Å². The average Bonchev–Trinajstić information content (AvgIpc) is 2.18. The minimum atomic E-state index is -0.484. The van der Waals surface area contributed by atoms with Crippen LogP contribution in [0.15, 0.2) is 12.7 Å². The summed E-state index contributed by atoms with van der Waals surface area (Å²) < 4.78 is 0. The van der Waals surface area contributed by atoms with Gasteiger partial charge in [0.15, 0.2) is 5.82 Å². The van der Waals surface area contributed by atoms with E-state index in [-0.39, 0.29) is 5.41 Å². The van der Waals surface area contributed by atoms with Gasteiger partial charge >= 0.3 is 0 Å². The van der Waals surface area contributed by atoms with Crippen molar-refractivity contribution in [3.05, 3.63) is 18.5 Å². The van der Waals surface area contributed by atoms with Crippen molar-refractivity contribution in [2.24, 2.45) is 11.1 Å². The van der Waals surface area contributed by atoms with Crippen LogP contribution in [-0.2, 0) is 5.54 Å². The lowest BCUT2D eigenvalue weighted by atomic mass is 9.77. The van der Waals surface area contributed by atoms with Crippen LogP contribution in [0.1, 0.15) is 46.4 Å². The predicted molar refractivity (Wildman–Crippen MR) is 60.1 cm³/mol. The zero-order valence-electron chi connectivity index (χ0n) is 9.99. The van der Waals surface area contributed by atoms with Gasteiger partial charge in [-0.25, -0.2) is 15.0 Å². The molecule has 0 saturated heterocycles. The Morgan fingerprint density at radius 1 is 1.20 bits per heavy atom. The molecule has 84 valence electrons. The van der Waals surface area contributed by atoms with Gasteiger partial charge in [0.2, 0.25) is 0 Å². The van der Waals surface area contributed by atoms with E-state index >= 15 is 0 Å². The molecule has 4 heteroatoms.